The summed E-state index contributed by atoms with van der Waals surface area (Å²) in [5, 5.41) is 0.765. The molecule has 1 aromatic heterocycles. The van der Waals surface area contributed by atoms with Gasteiger partial charge in [0, 0.05) is 12.1 Å². The smallest absolute Gasteiger partial charge is 0.252 e. The highest BCUT2D eigenvalue weighted by atomic mass is 35.5. The van der Waals surface area contributed by atoms with Gasteiger partial charge in [0.15, 0.2) is 4.21 Å². The monoisotopic (exact) mass is 325 g/mol. The normalized spacial score (nSPS) is 18.3. The Kier molecular flexibility index (Phi) is 5.36. The second-order valence-corrected chi connectivity index (χ2v) is 7.98. The molecule has 1 aromatic rings. The van der Waals surface area contributed by atoms with E-state index < -0.39 is 15.6 Å². The van der Waals surface area contributed by atoms with Crippen LogP contribution in [0.5, 0.6) is 0 Å². The Morgan fingerprint density at radius 2 is 1.95 bits per heavy atom. The van der Waals surface area contributed by atoms with E-state index in [0.29, 0.717) is 16.4 Å². The average Bonchev–Trinajstić information content (AvgIpc) is 2.86. The summed E-state index contributed by atoms with van der Waals surface area (Å²) in [5.74, 6) is 0. The van der Waals surface area contributed by atoms with Crippen LogP contribution in [-0.4, -0.2) is 25.5 Å². The molecule has 5 nitrogen and oxygen atoms in total. The molecule has 0 spiro atoms. The zero-order valence-electron chi connectivity index (χ0n) is 11.1. The van der Waals surface area contributed by atoms with Crippen LogP contribution in [0.4, 0.5) is 0 Å². The highest BCUT2D eigenvalue weighted by Gasteiger charge is 2.37. The molecule has 8 heteroatoms. The maximum atomic E-state index is 12.4. The number of nitrogens with zero attached hydrogens (tertiary/aromatic N) is 1. The van der Waals surface area contributed by atoms with Gasteiger partial charge in [0.05, 0.1) is 10.7 Å². The van der Waals surface area contributed by atoms with Gasteiger partial charge in [-0.3, -0.25) is 0 Å². The number of sulfonamides is 1. The number of hydrogen-bond donors (Lipinski definition) is 2. The molecule has 110 valence electrons. The number of nitrogens with two attached hydrogens (primary N) is 1. The van der Waals surface area contributed by atoms with Gasteiger partial charge in [0.1, 0.15) is 0 Å². The number of thiazole rings is 1. The largest absolute Gasteiger partial charge is 0.329 e. The van der Waals surface area contributed by atoms with Crippen molar-refractivity contribution >= 4 is 33.8 Å². The Labute approximate surface area is 124 Å². The van der Waals surface area contributed by atoms with Crippen molar-refractivity contribution in [2.45, 2.75) is 49.3 Å². The molecule has 0 aliphatic heterocycles. The molecule has 0 amide bonds. The van der Waals surface area contributed by atoms with Gasteiger partial charge in [-0.1, -0.05) is 12.8 Å². The van der Waals surface area contributed by atoms with Gasteiger partial charge in [-0.05, 0) is 26.7 Å². The van der Waals surface area contributed by atoms with Gasteiger partial charge < -0.3 is 5.73 Å². The van der Waals surface area contributed by atoms with Gasteiger partial charge in [-0.15, -0.1) is 23.7 Å². The molecule has 0 unspecified atom stereocenters. The molecule has 1 saturated carbocycles. The Bertz CT molecular complexity index is 536. The van der Waals surface area contributed by atoms with Crippen LogP contribution in [0.25, 0.3) is 0 Å². The van der Waals surface area contributed by atoms with Crippen LogP contribution in [0.2, 0.25) is 0 Å². The quantitative estimate of drug-likeness (QED) is 0.883. The SMILES string of the molecule is Cc1nc(C)c(S(=O)(=O)NC2(CN)CCCC2)s1.Cl. The lowest BCUT2D eigenvalue weighted by atomic mass is 10.0. The Morgan fingerprint density at radius 1 is 1.37 bits per heavy atom. The van der Waals surface area contributed by atoms with E-state index in [1.165, 1.54) is 11.3 Å². The van der Waals surface area contributed by atoms with Crippen LogP contribution in [0.1, 0.15) is 36.4 Å². The van der Waals surface area contributed by atoms with E-state index in [1.807, 2.05) is 6.92 Å². The summed E-state index contributed by atoms with van der Waals surface area (Å²) in [6.07, 6.45) is 3.69. The van der Waals surface area contributed by atoms with E-state index in [-0.39, 0.29) is 12.4 Å². The topological polar surface area (TPSA) is 85.1 Å². The van der Waals surface area contributed by atoms with Gasteiger partial charge in [0.2, 0.25) is 0 Å². The molecule has 1 aliphatic rings. The van der Waals surface area contributed by atoms with E-state index in [9.17, 15) is 8.42 Å². The summed E-state index contributed by atoms with van der Waals surface area (Å²) in [5.41, 5.74) is 5.87. The number of nitrogens with one attached hydrogen (secondary N) is 1. The number of aryl methyl sites for hydroxylation is 2. The minimum absolute atomic E-state index is 0. The molecule has 0 radical (unpaired) electrons. The van der Waals surface area contributed by atoms with E-state index in [1.54, 1.807) is 6.92 Å². The second-order valence-electron chi connectivity index (χ2n) is 4.90. The summed E-state index contributed by atoms with van der Waals surface area (Å²) in [6.45, 7) is 3.88. The van der Waals surface area contributed by atoms with E-state index >= 15 is 0 Å². The zero-order valence-corrected chi connectivity index (χ0v) is 13.6. The summed E-state index contributed by atoms with van der Waals surface area (Å²) in [6, 6.07) is 0. The lowest BCUT2D eigenvalue weighted by molar-refractivity contribution is 0.400. The Hall–Kier alpha value is -0.210. The third-order valence-corrected chi connectivity index (χ3v) is 6.67. The standard InChI is InChI=1S/C11H19N3O2S2.ClH/c1-8-10(17-9(2)13-8)18(15,16)14-11(7-12)5-3-4-6-11;/h14H,3-7,12H2,1-2H3;1H. The fourth-order valence-electron chi connectivity index (χ4n) is 2.49. The molecular weight excluding hydrogens is 306 g/mol. The van der Waals surface area contributed by atoms with Crippen molar-refractivity contribution in [1.29, 1.82) is 0 Å². The van der Waals surface area contributed by atoms with Gasteiger partial charge in [0.25, 0.3) is 10.0 Å². The summed E-state index contributed by atoms with van der Waals surface area (Å²) in [4.78, 5) is 4.17. The molecule has 2 rings (SSSR count). The van der Waals surface area contributed by atoms with Crippen LogP contribution < -0.4 is 10.5 Å². The van der Waals surface area contributed by atoms with E-state index in [2.05, 4.69) is 9.71 Å². The average molecular weight is 326 g/mol. The summed E-state index contributed by atoms with van der Waals surface area (Å²) >= 11 is 1.21. The van der Waals surface area contributed by atoms with Gasteiger partial charge >= 0.3 is 0 Å². The lowest BCUT2D eigenvalue weighted by Crippen LogP contribution is -2.51. The highest BCUT2D eigenvalue weighted by Crippen LogP contribution is 2.32. The second kappa shape index (κ2) is 6.05. The van der Waals surface area contributed by atoms with Crippen molar-refractivity contribution in [1.82, 2.24) is 9.71 Å². The maximum Gasteiger partial charge on any atom is 0.252 e. The van der Waals surface area contributed by atoms with Gasteiger partial charge in [-0.25, -0.2) is 18.1 Å². The number of aromatic nitrogens is 1. The molecule has 0 atom stereocenters. The lowest BCUT2D eigenvalue weighted by Gasteiger charge is -2.27. The number of hydrogen-bond acceptors (Lipinski definition) is 5. The van der Waals surface area contributed by atoms with E-state index in [0.717, 1.165) is 30.7 Å². The molecular formula is C11H20ClN3O2S2. The minimum atomic E-state index is -3.50. The van der Waals surface area contributed by atoms with Crippen LogP contribution in [0, 0.1) is 13.8 Å². The molecule has 1 aliphatic carbocycles. The number of rotatable bonds is 4. The van der Waals surface area contributed by atoms with Crippen molar-refractivity contribution in [3.63, 3.8) is 0 Å². The molecule has 3 N–H and O–H groups in total. The fraction of sp³-hybridized carbons (Fsp3) is 0.727. The first-order valence-corrected chi connectivity index (χ1v) is 8.37. The van der Waals surface area contributed by atoms with Gasteiger partial charge in [-0.2, -0.15) is 0 Å². The van der Waals surface area contributed by atoms with Crippen molar-refractivity contribution in [2.75, 3.05) is 6.54 Å². The van der Waals surface area contributed by atoms with Crippen molar-refractivity contribution < 1.29 is 8.42 Å². The van der Waals surface area contributed by atoms with Crippen molar-refractivity contribution in [3.05, 3.63) is 10.7 Å². The molecule has 1 fully saturated rings. The third kappa shape index (κ3) is 3.46. The molecule has 0 bridgehead atoms. The zero-order chi connectivity index (χ0) is 13.4. The van der Waals surface area contributed by atoms with Crippen LogP contribution >= 0.6 is 23.7 Å². The summed E-state index contributed by atoms with van der Waals surface area (Å²) < 4.78 is 27.9. The molecule has 0 saturated heterocycles. The first kappa shape index (κ1) is 16.8. The first-order valence-electron chi connectivity index (χ1n) is 6.07. The predicted octanol–water partition coefficient (Wildman–Crippen LogP) is 1.73. The highest BCUT2D eigenvalue weighted by molar-refractivity contribution is 7.91. The van der Waals surface area contributed by atoms with Crippen molar-refractivity contribution in [3.8, 4) is 0 Å². The predicted molar refractivity (Wildman–Crippen MR) is 79.4 cm³/mol. The molecule has 0 aromatic carbocycles. The minimum Gasteiger partial charge on any atom is -0.329 e. The van der Waals surface area contributed by atoms with Crippen LogP contribution in [0.15, 0.2) is 4.21 Å². The molecule has 19 heavy (non-hydrogen) atoms. The van der Waals surface area contributed by atoms with E-state index in [4.69, 9.17) is 5.73 Å². The van der Waals surface area contributed by atoms with Crippen LogP contribution in [0.3, 0.4) is 0 Å². The number of halogens is 1. The Balaban J connectivity index is 0.00000180. The van der Waals surface area contributed by atoms with Crippen LogP contribution in [-0.2, 0) is 10.0 Å². The fourth-order valence-corrected chi connectivity index (χ4v) is 5.45. The van der Waals surface area contributed by atoms with Crippen molar-refractivity contribution in [2.24, 2.45) is 5.73 Å². The molecule has 1 heterocycles. The Morgan fingerprint density at radius 3 is 2.37 bits per heavy atom. The first-order chi connectivity index (χ1) is 8.38. The maximum absolute atomic E-state index is 12.4. The summed E-state index contributed by atoms with van der Waals surface area (Å²) in [7, 11) is -3.50. The third-order valence-electron chi connectivity index (χ3n) is 3.41.